The fraction of sp³-hybridized carbons (Fsp3) is 0.533. The highest BCUT2D eigenvalue weighted by Crippen LogP contribution is 2.30. The second-order valence-electron chi connectivity index (χ2n) is 5.40. The van der Waals surface area contributed by atoms with Crippen LogP contribution < -0.4 is 4.90 Å². The van der Waals surface area contributed by atoms with Crippen LogP contribution >= 0.6 is 0 Å². The van der Waals surface area contributed by atoms with Crippen LogP contribution in [0.2, 0.25) is 0 Å². The Morgan fingerprint density at radius 2 is 1.94 bits per heavy atom. The quantitative estimate of drug-likeness (QED) is 0.755. The fourth-order valence-electron chi connectivity index (χ4n) is 1.79. The molecule has 0 N–H and O–H groups in total. The van der Waals surface area contributed by atoms with Gasteiger partial charge in [0.2, 0.25) is 0 Å². The number of rotatable bonds is 4. The zero-order chi connectivity index (χ0) is 14.1. The van der Waals surface area contributed by atoms with Crippen LogP contribution in [0.3, 0.4) is 0 Å². The summed E-state index contributed by atoms with van der Waals surface area (Å²) < 4.78 is 13.6. The van der Waals surface area contributed by atoms with Crippen molar-refractivity contribution in [3.05, 3.63) is 29.1 Å². The number of hydrogen-bond acceptors (Lipinski definition) is 2. The smallest absolute Gasteiger partial charge is 0.161 e. The summed E-state index contributed by atoms with van der Waals surface area (Å²) in [7, 11) is 1.95. The summed E-state index contributed by atoms with van der Waals surface area (Å²) in [6.07, 6.45) is 0.942. The lowest BCUT2D eigenvalue weighted by molar-refractivity contribution is 0.101. The molecule has 1 aromatic rings. The SMILES string of the molecule is CCC(C)(C)N(C)c1cc(C)c(F)cc1C(C)=O. The van der Waals surface area contributed by atoms with Crippen LogP contribution in [0.4, 0.5) is 10.1 Å². The standard InChI is InChI=1S/C15H22FNO/c1-7-15(4,5)17(6)14-8-10(2)13(16)9-12(14)11(3)18/h8-9H,7H2,1-6H3. The van der Waals surface area contributed by atoms with E-state index in [1.165, 1.54) is 13.0 Å². The average Bonchev–Trinajstić information content (AvgIpc) is 2.30. The Morgan fingerprint density at radius 3 is 2.39 bits per heavy atom. The van der Waals surface area contributed by atoms with Crippen LogP contribution in [0, 0.1) is 12.7 Å². The molecule has 0 fully saturated rings. The molecule has 0 unspecified atom stereocenters. The Balaban J connectivity index is 3.39. The summed E-state index contributed by atoms with van der Waals surface area (Å²) in [4.78, 5) is 13.7. The van der Waals surface area contributed by atoms with Gasteiger partial charge in [0.1, 0.15) is 5.82 Å². The Kier molecular flexibility index (Phi) is 4.15. The summed E-state index contributed by atoms with van der Waals surface area (Å²) in [6.45, 7) is 9.50. The van der Waals surface area contributed by atoms with Crippen LogP contribution in [0.25, 0.3) is 0 Å². The molecule has 0 aliphatic heterocycles. The van der Waals surface area contributed by atoms with Gasteiger partial charge in [-0.25, -0.2) is 4.39 Å². The first-order valence-electron chi connectivity index (χ1n) is 6.25. The van der Waals surface area contributed by atoms with Crippen molar-refractivity contribution in [1.29, 1.82) is 0 Å². The third-order valence-electron chi connectivity index (χ3n) is 3.79. The lowest BCUT2D eigenvalue weighted by atomic mass is 9.96. The van der Waals surface area contributed by atoms with Crippen LogP contribution in [-0.4, -0.2) is 18.4 Å². The summed E-state index contributed by atoms with van der Waals surface area (Å²) in [5.41, 5.74) is 1.73. The van der Waals surface area contributed by atoms with Crippen molar-refractivity contribution in [2.45, 2.75) is 46.6 Å². The van der Waals surface area contributed by atoms with Gasteiger partial charge in [-0.1, -0.05) is 6.92 Å². The molecule has 0 aliphatic rings. The number of aryl methyl sites for hydroxylation is 1. The number of halogens is 1. The van der Waals surface area contributed by atoms with Crippen molar-refractivity contribution in [2.75, 3.05) is 11.9 Å². The first-order chi connectivity index (χ1) is 8.20. The molecule has 0 saturated heterocycles. The minimum atomic E-state index is -0.327. The number of ketones is 1. The van der Waals surface area contributed by atoms with Gasteiger partial charge < -0.3 is 4.90 Å². The van der Waals surface area contributed by atoms with Crippen molar-refractivity contribution in [1.82, 2.24) is 0 Å². The predicted octanol–water partition coefficient (Wildman–Crippen LogP) is 3.96. The topological polar surface area (TPSA) is 20.3 Å². The third kappa shape index (κ3) is 2.71. The summed E-state index contributed by atoms with van der Waals surface area (Å²) in [5, 5.41) is 0. The van der Waals surface area contributed by atoms with E-state index in [2.05, 4.69) is 25.7 Å². The molecule has 3 heteroatoms. The van der Waals surface area contributed by atoms with Crippen molar-refractivity contribution in [3.8, 4) is 0 Å². The van der Waals surface area contributed by atoms with E-state index < -0.39 is 0 Å². The van der Waals surface area contributed by atoms with Gasteiger partial charge in [0.05, 0.1) is 0 Å². The molecular weight excluding hydrogens is 229 g/mol. The van der Waals surface area contributed by atoms with E-state index in [0.717, 1.165) is 12.1 Å². The molecule has 0 radical (unpaired) electrons. The van der Waals surface area contributed by atoms with Crippen LogP contribution in [0.1, 0.15) is 50.0 Å². The maximum atomic E-state index is 13.6. The van der Waals surface area contributed by atoms with Gasteiger partial charge in [-0.2, -0.15) is 0 Å². The van der Waals surface area contributed by atoms with Gasteiger partial charge in [-0.15, -0.1) is 0 Å². The Hall–Kier alpha value is -1.38. The molecule has 0 aliphatic carbocycles. The van der Waals surface area contributed by atoms with Crippen molar-refractivity contribution in [3.63, 3.8) is 0 Å². The first kappa shape index (κ1) is 14.7. The summed E-state index contributed by atoms with van der Waals surface area (Å²) in [6, 6.07) is 3.10. The van der Waals surface area contributed by atoms with Gasteiger partial charge >= 0.3 is 0 Å². The van der Waals surface area contributed by atoms with Crippen LogP contribution in [0.5, 0.6) is 0 Å². The number of Topliss-reactive ketones (excluding diaryl/α,β-unsaturated/α-hetero) is 1. The second-order valence-corrected chi connectivity index (χ2v) is 5.40. The highest BCUT2D eigenvalue weighted by atomic mass is 19.1. The van der Waals surface area contributed by atoms with Crippen molar-refractivity contribution >= 4 is 11.5 Å². The summed E-state index contributed by atoms with van der Waals surface area (Å²) in [5.74, 6) is -0.436. The molecular formula is C15H22FNO. The maximum Gasteiger partial charge on any atom is 0.161 e. The van der Waals surface area contributed by atoms with Crippen molar-refractivity contribution < 1.29 is 9.18 Å². The van der Waals surface area contributed by atoms with E-state index in [1.54, 1.807) is 13.0 Å². The second kappa shape index (κ2) is 5.09. The fourth-order valence-corrected chi connectivity index (χ4v) is 1.79. The van der Waals surface area contributed by atoms with Gasteiger partial charge in [-0.05, 0) is 51.8 Å². The molecule has 0 saturated carbocycles. The lowest BCUT2D eigenvalue weighted by Crippen LogP contribution is -2.41. The minimum Gasteiger partial charge on any atom is -0.369 e. The zero-order valence-corrected chi connectivity index (χ0v) is 12.1. The van der Waals surface area contributed by atoms with Crippen LogP contribution in [-0.2, 0) is 0 Å². The Labute approximate surface area is 109 Å². The maximum absolute atomic E-state index is 13.6. The number of hydrogen-bond donors (Lipinski definition) is 0. The molecule has 100 valence electrons. The normalized spacial score (nSPS) is 11.5. The largest absolute Gasteiger partial charge is 0.369 e. The molecule has 0 aromatic heterocycles. The molecule has 0 spiro atoms. The molecule has 0 amide bonds. The Bertz CT molecular complexity index is 466. The molecule has 0 atom stereocenters. The highest BCUT2D eigenvalue weighted by Gasteiger charge is 2.25. The monoisotopic (exact) mass is 251 g/mol. The predicted molar refractivity (Wildman–Crippen MR) is 73.9 cm³/mol. The van der Waals surface area contributed by atoms with Crippen LogP contribution in [0.15, 0.2) is 12.1 Å². The van der Waals surface area contributed by atoms with E-state index in [0.29, 0.717) is 11.1 Å². The zero-order valence-electron chi connectivity index (χ0n) is 12.1. The number of nitrogens with zero attached hydrogens (tertiary/aromatic N) is 1. The van der Waals surface area contributed by atoms with Gasteiger partial charge in [0.15, 0.2) is 5.78 Å². The number of benzene rings is 1. The molecule has 0 heterocycles. The lowest BCUT2D eigenvalue weighted by Gasteiger charge is -2.38. The first-order valence-corrected chi connectivity index (χ1v) is 6.25. The number of carbonyl (C=O) groups is 1. The number of carbonyl (C=O) groups excluding carboxylic acids is 1. The van der Waals surface area contributed by atoms with Gasteiger partial charge in [0, 0.05) is 23.8 Å². The summed E-state index contributed by atoms with van der Waals surface area (Å²) >= 11 is 0. The molecule has 1 aromatic carbocycles. The average molecular weight is 251 g/mol. The third-order valence-corrected chi connectivity index (χ3v) is 3.79. The molecule has 0 bridgehead atoms. The number of anilines is 1. The van der Waals surface area contributed by atoms with E-state index >= 15 is 0 Å². The van der Waals surface area contributed by atoms with Crippen molar-refractivity contribution in [2.24, 2.45) is 0 Å². The minimum absolute atomic E-state index is 0.0749. The van der Waals surface area contributed by atoms with E-state index in [9.17, 15) is 9.18 Å². The highest BCUT2D eigenvalue weighted by molar-refractivity contribution is 6.00. The Morgan fingerprint density at radius 1 is 1.39 bits per heavy atom. The molecule has 2 nitrogen and oxygen atoms in total. The molecule has 1 rings (SSSR count). The molecule has 18 heavy (non-hydrogen) atoms. The van der Waals surface area contributed by atoms with E-state index in [1.807, 2.05) is 7.05 Å². The van der Waals surface area contributed by atoms with Gasteiger partial charge in [-0.3, -0.25) is 4.79 Å². The van der Waals surface area contributed by atoms with Gasteiger partial charge in [0.25, 0.3) is 0 Å². The van der Waals surface area contributed by atoms with E-state index in [-0.39, 0.29) is 17.1 Å². The van der Waals surface area contributed by atoms with E-state index in [4.69, 9.17) is 0 Å².